The molecule has 0 aromatic heterocycles. The van der Waals surface area contributed by atoms with Crippen LogP contribution in [0.5, 0.6) is 0 Å². The second kappa shape index (κ2) is 4.73. The highest BCUT2D eigenvalue weighted by Gasteiger charge is 1.93. The lowest BCUT2D eigenvalue weighted by molar-refractivity contribution is -0.124. The Kier molecular flexibility index (Phi) is 4.20. The molecular formula is C7H11NO2. The molecule has 0 fully saturated rings. The summed E-state index contributed by atoms with van der Waals surface area (Å²) in [6.45, 7) is 3.79. The Hall–Kier alpha value is -1.12. The summed E-state index contributed by atoms with van der Waals surface area (Å²) in [5, 5.41) is 2.04. The van der Waals surface area contributed by atoms with Crippen LogP contribution in [0.3, 0.4) is 0 Å². The number of hydrogen-bond acceptors (Lipinski definition) is 2. The Labute approximate surface area is 60.1 Å². The fourth-order valence-electron chi connectivity index (χ4n) is 0.421. The fourth-order valence-corrected chi connectivity index (χ4v) is 0.421. The molecule has 1 N–H and O–H groups in total. The zero-order valence-electron chi connectivity index (χ0n) is 6.18. The van der Waals surface area contributed by atoms with Gasteiger partial charge in [-0.15, -0.1) is 0 Å². The summed E-state index contributed by atoms with van der Waals surface area (Å²) >= 11 is 0. The molecule has 3 nitrogen and oxygen atoms in total. The molecule has 0 saturated heterocycles. The lowest BCUT2D eigenvalue weighted by Crippen LogP contribution is -2.19. The summed E-state index contributed by atoms with van der Waals surface area (Å²) in [6, 6.07) is 0. The first-order valence-corrected chi connectivity index (χ1v) is 3.03. The van der Waals surface area contributed by atoms with Crippen molar-refractivity contribution in [2.24, 2.45) is 0 Å². The van der Waals surface area contributed by atoms with Gasteiger partial charge >= 0.3 is 0 Å². The van der Waals surface area contributed by atoms with Gasteiger partial charge in [0.1, 0.15) is 0 Å². The molecule has 0 bridgehead atoms. The molecule has 0 aliphatic carbocycles. The van der Waals surface area contributed by atoms with E-state index in [-0.39, 0.29) is 12.3 Å². The monoisotopic (exact) mass is 141 g/mol. The van der Waals surface area contributed by atoms with Crippen LogP contribution in [-0.4, -0.2) is 12.3 Å². The Morgan fingerprint density at radius 2 is 2.10 bits per heavy atom. The van der Waals surface area contributed by atoms with Gasteiger partial charge in [0.05, 0.1) is 0 Å². The number of carbonyl (C=O) groups is 2. The van der Waals surface area contributed by atoms with Gasteiger partial charge in [-0.05, 0) is 13.8 Å². The van der Waals surface area contributed by atoms with E-state index in [1.165, 1.54) is 0 Å². The van der Waals surface area contributed by atoms with Crippen LogP contribution >= 0.6 is 0 Å². The summed E-state index contributed by atoms with van der Waals surface area (Å²) in [4.78, 5) is 20.3. The molecular weight excluding hydrogens is 130 g/mol. The van der Waals surface area contributed by atoms with E-state index in [2.05, 4.69) is 0 Å². The number of carbonyl (C=O) groups excluding carboxylic acids is 2. The second-order valence-corrected chi connectivity index (χ2v) is 2.17. The lowest BCUT2D eigenvalue weighted by atomic mass is 10.2. The summed E-state index contributed by atoms with van der Waals surface area (Å²) in [5.41, 5.74) is 1.07. The average molecular weight is 141 g/mol. The molecule has 0 aliphatic rings. The van der Waals surface area contributed by atoms with Crippen LogP contribution < -0.4 is 5.32 Å². The molecule has 0 radical (unpaired) electrons. The Balaban J connectivity index is 3.59. The minimum absolute atomic E-state index is 0.267. The van der Waals surface area contributed by atoms with Crippen LogP contribution in [-0.2, 0) is 9.59 Å². The molecule has 0 saturated carbocycles. The third-order valence-corrected chi connectivity index (χ3v) is 0.916. The maximum Gasteiger partial charge on any atom is 0.230 e. The van der Waals surface area contributed by atoms with Gasteiger partial charge in [-0.2, -0.15) is 0 Å². The molecule has 0 aliphatic heterocycles. The minimum atomic E-state index is -0.267. The zero-order chi connectivity index (χ0) is 7.98. The largest absolute Gasteiger partial charge is 0.299 e. The number of imide groups is 1. The van der Waals surface area contributed by atoms with Crippen molar-refractivity contribution in [3.8, 4) is 0 Å². The van der Waals surface area contributed by atoms with E-state index >= 15 is 0 Å². The Bertz CT molecular complexity index is 157. The van der Waals surface area contributed by atoms with Crippen molar-refractivity contribution in [2.75, 3.05) is 0 Å². The summed E-state index contributed by atoms with van der Waals surface area (Å²) in [5.74, 6) is -0.267. The van der Waals surface area contributed by atoms with Crippen molar-refractivity contribution < 1.29 is 9.59 Å². The standard InChI is InChI=1S/C7H11NO2/c1-6(2)3-4-7(10)8-5-9/h3,5H,4H2,1-2H3,(H,8,9,10). The number of allylic oxidation sites excluding steroid dienone is 1. The van der Waals surface area contributed by atoms with Crippen molar-refractivity contribution in [1.82, 2.24) is 5.32 Å². The first kappa shape index (κ1) is 8.88. The number of rotatable bonds is 3. The van der Waals surface area contributed by atoms with E-state index < -0.39 is 0 Å². The van der Waals surface area contributed by atoms with E-state index in [4.69, 9.17) is 0 Å². The van der Waals surface area contributed by atoms with Gasteiger partial charge in [-0.1, -0.05) is 11.6 Å². The van der Waals surface area contributed by atoms with Crippen LogP contribution in [0.4, 0.5) is 0 Å². The molecule has 3 heteroatoms. The zero-order valence-corrected chi connectivity index (χ0v) is 6.18. The van der Waals surface area contributed by atoms with Crippen LogP contribution in [0.25, 0.3) is 0 Å². The van der Waals surface area contributed by atoms with Crippen LogP contribution in [0.2, 0.25) is 0 Å². The maximum absolute atomic E-state index is 10.6. The molecule has 56 valence electrons. The highest BCUT2D eigenvalue weighted by atomic mass is 16.2. The fraction of sp³-hybridized carbons (Fsp3) is 0.429. The van der Waals surface area contributed by atoms with Crippen molar-refractivity contribution >= 4 is 12.3 Å². The van der Waals surface area contributed by atoms with Crippen molar-refractivity contribution in [1.29, 1.82) is 0 Å². The van der Waals surface area contributed by atoms with Crippen molar-refractivity contribution in [3.05, 3.63) is 11.6 Å². The van der Waals surface area contributed by atoms with E-state index in [1.807, 2.05) is 19.2 Å². The number of amides is 2. The van der Waals surface area contributed by atoms with Gasteiger partial charge in [0.25, 0.3) is 0 Å². The van der Waals surface area contributed by atoms with Gasteiger partial charge in [0.2, 0.25) is 12.3 Å². The smallest absolute Gasteiger partial charge is 0.230 e. The normalized spacial score (nSPS) is 8.20. The lowest BCUT2D eigenvalue weighted by Gasteiger charge is -1.91. The maximum atomic E-state index is 10.6. The molecule has 0 aromatic carbocycles. The molecule has 0 aromatic rings. The van der Waals surface area contributed by atoms with Gasteiger partial charge in [-0.25, -0.2) is 0 Å². The number of nitrogens with one attached hydrogen (secondary N) is 1. The SMILES string of the molecule is CC(C)=CCC(=O)NC=O. The van der Waals surface area contributed by atoms with E-state index in [1.54, 1.807) is 6.08 Å². The van der Waals surface area contributed by atoms with Crippen LogP contribution in [0, 0.1) is 0 Å². The molecule has 0 spiro atoms. The van der Waals surface area contributed by atoms with E-state index in [0.29, 0.717) is 6.41 Å². The Morgan fingerprint density at radius 3 is 2.50 bits per heavy atom. The molecule has 10 heavy (non-hydrogen) atoms. The third-order valence-electron chi connectivity index (χ3n) is 0.916. The van der Waals surface area contributed by atoms with Crippen LogP contribution in [0.1, 0.15) is 20.3 Å². The number of hydrogen-bond donors (Lipinski definition) is 1. The molecule has 0 heterocycles. The first-order chi connectivity index (χ1) is 4.66. The quantitative estimate of drug-likeness (QED) is 0.462. The van der Waals surface area contributed by atoms with Crippen molar-refractivity contribution in [2.45, 2.75) is 20.3 Å². The molecule has 2 amide bonds. The van der Waals surface area contributed by atoms with Gasteiger partial charge < -0.3 is 0 Å². The predicted molar refractivity (Wildman–Crippen MR) is 38.3 cm³/mol. The second-order valence-electron chi connectivity index (χ2n) is 2.17. The summed E-state index contributed by atoms with van der Waals surface area (Å²) in [7, 11) is 0. The van der Waals surface area contributed by atoms with E-state index in [9.17, 15) is 9.59 Å². The van der Waals surface area contributed by atoms with Crippen LogP contribution in [0.15, 0.2) is 11.6 Å². The topological polar surface area (TPSA) is 46.2 Å². The van der Waals surface area contributed by atoms with Gasteiger partial charge in [0.15, 0.2) is 0 Å². The third kappa shape index (κ3) is 5.03. The highest BCUT2D eigenvalue weighted by Crippen LogP contribution is 1.91. The summed E-state index contributed by atoms with van der Waals surface area (Å²) < 4.78 is 0. The predicted octanol–water partition coefficient (Wildman–Crippen LogP) is 0.615. The summed E-state index contributed by atoms with van der Waals surface area (Å²) in [6.07, 6.45) is 2.43. The minimum Gasteiger partial charge on any atom is -0.299 e. The Morgan fingerprint density at radius 1 is 1.50 bits per heavy atom. The average Bonchev–Trinajstić information content (AvgIpc) is 1.85. The van der Waals surface area contributed by atoms with Crippen molar-refractivity contribution in [3.63, 3.8) is 0 Å². The first-order valence-electron chi connectivity index (χ1n) is 3.03. The van der Waals surface area contributed by atoms with Gasteiger partial charge in [0, 0.05) is 6.42 Å². The highest BCUT2D eigenvalue weighted by molar-refractivity contribution is 5.86. The molecule has 0 rings (SSSR count). The van der Waals surface area contributed by atoms with Gasteiger partial charge in [-0.3, -0.25) is 14.9 Å². The molecule has 0 atom stereocenters. The van der Waals surface area contributed by atoms with E-state index in [0.717, 1.165) is 5.57 Å². The molecule has 0 unspecified atom stereocenters.